The number of nitrogens with one attached hydrogen (secondary N) is 2. The molecule has 1 saturated heterocycles. The van der Waals surface area contributed by atoms with Crippen LogP contribution in [0.5, 0.6) is 0 Å². The highest BCUT2D eigenvalue weighted by Gasteiger charge is 2.33. The lowest BCUT2D eigenvalue weighted by atomic mass is 9.89. The molecule has 142 valence electrons. The lowest BCUT2D eigenvalue weighted by molar-refractivity contribution is -0.122. The molecule has 0 aromatic heterocycles. The Morgan fingerprint density at radius 1 is 1.31 bits per heavy atom. The van der Waals surface area contributed by atoms with Gasteiger partial charge < -0.3 is 15.4 Å². The molecule has 0 bridgehead atoms. The van der Waals surface area contributed by atoms with Gasteiger partial charge in [-0.15, -0.1) is 0 Å². The van der Waals surface area contributed by atoms with Crippen molar-refractivity contribution in [1.29, 1.82) is 0 Å². The second kappa shape index (κ2) is 7.53. The molecular weight excluding hydrogens is 333 g/mol. The summed E-state index contributed by atoms with van der Waals surface area (Å²) in [4.78, 5) is 15.3. The van der Waals surface area contributed by atoms with E-state index in [4.69, 9.17) is 4.74 Å². The number of aryl methyl sites for hydroxylation is 1. The molecule has 0 radical (unpaired) electrons. The standard InChI is InChI=1S/C20H28FN3O2/c1-13-5-6-17(21)16-12-18(23-19(13)16)20(25)22-14-3-2-4-15(11-14)24-7-9-26-10-8-24/h5-6,14-15,18,23H,2-4,7-12H2,1H3,(H,22,25). The molecule has 1 amide bonds. The van der Waals surface area contributed by atoms with Crippen LogP contribution in [0.1, 0.15) is 36.8 Å². The Morgan fingerprint density at radius 2 is 2.12 bits per heavy atom. The predicted molar refractivity (Wildman–Crippen MR) is 98.8 cm³/mol. The monoisotopic (exact) mass is 361 g/mol. The summed E-state index contributed by atoms with van der Waals surface area (Å²) >= 11 is 0. The van der Waals surface area contributed by atoms with Crippen LogP contribution in [0.25, 0.3) is 0 Å². The van der Waals surface area contributed by atoms with Gasteiger partial charge in [0, 0.05) is 42.8 Å². The molecule has 5 nitrogen and oxygen atoms in total. The number of ether oxygens (including phenoxy) is 1. The number of morpholine rings is 1. The third kappa shape index (κ3) is 3.58. The number of anilines is 1. The number of carbonyl (C=O) groups excluding carboxylic acids is 1. The number of carbonyl (C=O) groups is 1. The number of amides is 1. The molecule has 2 N–H and O–H groups in total. The van der Waals surface area contributed by atoms with Crippen LogP contribution < -0.4 is 10.6 Å². The minimum atomic E-state index is -0.371. The minimum Gasteiger partial charge on any atom is -0.379 e. The van der Waals surface area contributed by atoms with Crippen molar-refractivity contribution in [3.05, 3.63) is 29.1 Å². The fourth-order valence-electron chi connectivity index (χ4n) is 4.60. The molecule has 4 rings (SSSR count). The average molecular weight is 361 g/mol. The van der Waals surface area contributed by atoms with Gasteiger partial charge in [-0.25, -0.2) is 4.39 Å². The smallest absolute Gasteiger partial charge is 0.243 e. The van der Waals surface area contributed by atoms with Crippen molar-refractivity contribution in [2.75, 3.05) is 31.6 Å². The van der Waals surface area contributed by atoms with E-state index in [0.29, 0.717) is 18.0 Å². The van der Waals surface area contributed by atoms with Crippen molar-refractivity contribution in [1.82, 2.24) is 10.2 Å². The first-order chi connectivity index (χ1) is 12.6. The molecule has 6 heteroatoms. The number of rotatable bonds is 3. The van der Waals surface area contributed by atoms with Crippen molar-refractivity contribution in [3.8, 4) is 0 Å². The van der Waals surface area contributed by atoms with Gasteiger partial charge in [-0.1, -0.05) is 6.07 Å². The number of halogens is 1. The summed E-state index contributed by atoms with van der Waals surface area (Å²) in [5, 5.41) is 6.45. The molecule has 2 aliphatic heterocycles. The van der Waals surface area contributed by atoms with E-state index in [1.165, 1.54) is 12.5 Å². The van der Waals surface area contributed by atoms with Crippen molar-refractivity contribution < 1.29 is 13.9 Å². The molecule has 1 aromatic carbocycles. The third-order valence-electron chi connectivity index (χ3n) is 6.06. The molecule has 3 atom stereocenters. The highest BCUT2D eigenvalue weighted by Crippen LogP contribution is 2.32. The van der Waals surface area contributed by atoms with Crippen LogP contribution in [0.15, 0.2) is 12.1 Å². The van der Waals surface area contributed by atoms with E-state index in [9.17, 15) is 9.18 Å². The number of benzene rings is 1. The van der Waals surface area contributed by atoms with Gasteiger partial charge in [-0.2, -0.15) is 0 Å². The van der Waals surface area contributed by atoms with Gasteiger partial charge in [0.05, 0.1) is 13.2 Å². The van der Waals surface area contributed by atoms with Crippen LogP contribution in [-0.2, 0) is 16.0 Å². The third-order valence-corrected chi connectivity index (χ3v) is 6.06. The molecule has 26 heavy (non-hydrogen) atoms. The Morgan fingerprint density at radius 3 is 2.88 bits per heavy atom. The summed E-state index contributed by atoms with van der Waals surface area (Å²) in [6, 6.07) is 3.62. The lowest BCUT2D eigenvalue weighted by Crippen LogP contribution is -2.51. The number of fused-ring (bicyclic) bond motifs is 1. The highest BCUT2D eigenvalue weighted by atomic mass is 19.1. The van der Waals surface area contributed by atoms with Gasteiger partial charge in [0.25, 0.3) is 0 Å². The number of hydrogen-bond acceptors (Lipinski definition) is 4. The average Bonchev–Trinajstić information content (AvgIpc) is 3.13. The van der Waals surface area contributed by atoms with Crippen LogP contribution in [0.3, 0.4) is 0 Å². The lowest BCUT2D eigenvalue weighted by Gasteiger charge is -2.39. The van der Waals surface area contributed by atoms with E-state index in [1.807, 2.05) is 6.92 Å². The molecule has 3 unspecified atom stereocenters. The molecule has 3 aliphatic rings. The van der Waals surface area contributed by atoms with Crippen molar-refractivity contribution in [2.45, 2.75) is 57.2 Å². The Kier molecular flexibility index (Phi) is 5.14. The Labute approximate surface area is 154 Å². The zero-order chi connectivity index (χ0) is 18.1. The van der Waals surface area contributed by atoms with Crippen LogP contribution in [0.4, 0.5) is 10.1 Å². The fourth-order valence-corrected chi connectivity index (χ4v) is 4.60. The van der Waals surface area contributed by atoms with Gasteiger partial charge >= 0.3 is 0 Å². The topological polar surface area (TPSA) is 53.6 Å². The quantitative estimate of drug-likeness (QED) is 0.867. The molecule has 2 fully saturated rings. The molecule has 1 aliphatic carbocycles. The zero-order valence-electron chi connectivity index (χ0n) is 15.4. The predicted octanol–water partition coefficient (Wildman–Crippen LogP) is 2.23. The fraction of sp³-hybridized carbons (Fsp3) is 0.650. The van der Waals surface area contributed by atoms with Crippen LogP contribution in [-0.4, -0.2) is 55.2 Å². The second-order valence-electron chi connectivity index (χ2n) is 7.79. The maximum absolute atomic E-state index is 14.0. The van der Waals surface area contributed by atoms with Gasteiger partial charge in [-0.3, -0.25) is 9.69 Å². The molecular formula is C20H28FN3O2. The summed E-state index contributed by atoms with van der Waals surface area (Å²) in [6.45, 7) is 5.54. The Balaban J connectivity index is 1.35. The van der Waals surface area contributed by atoms with E-state index in [-0.39, 0.29) is 23.8 Å². The van der Waals surface area contributed by atoms with E-state index in [2.05, 4.69) is 15.5 Å². The van der Waals surface area contributed by atoms with Crippen molar-refractivity contribution >= 4 is 11.6 Å². The summed E-state index contributed by atoms with van der Waals surface area (Å²) in [5.41, 5.74) is 2.42. The second-order valence-corrected chi connectivity index (χ2v) is 7.79. The van der Waals surface area contributed by atoms with Gasteiger partial charge in [0.2, 0.25) is 5.91 Å². The van der Waals surface area contributed by atoms with E-state index in [0.717, 1.165) is 56.8 Å². The SMILES string of the molecule is Cc1ccc(F)c2c1NC(C(=O)NC1CCCC(N3CCOCC3)C1)C2. The van der Waals surface area contributed by atoms with Gasteiger partial charge in [0.15, 0.2) is 0 Å². The summed E-state index contributed by atoms with van der Waals surface area (Å²) in [7, 11) is 0. The molecule has 2 heterocycles. The van der Waals surface area contributed by atoms with Gasteiger partial charge in [-0.05, 0) is 44.2 Å². The first kappa shape index (κ1) is 17.7. The minimum absolute atomic E-state index is 0.00683. The van der Waals surface area contributed by atoms with Crippen molar-refractivity contribution in [2.24, 2.45) is 0 Å². The first-order valence-electron chi connectivity index (χ1n) is 9.78. The summed E-state index contributed by atoms with van der Waals surface area (Å²) in [6.07, 6.45) is 4.79. The summed E-state index contributed by atoms with van der Waals surface area (Å²) in [5.74, 6) is -0.230. The highest BCUT2D eigenvalue weighted by molar-refractivity contribution is 5.88. The van der Waals surface area contributed by atoms with E-state index >= 15 is 0 Å². The van der Waals surface area contributed by atoms with Crippen molar-refractivity contribution in [3.63, 3.8) is 0 Å². The number of hydrogen-bond donors (Lipinski definition) is 2. The Bertz CT molecular complexity index is 644. The molecule has 1 saturated carbocycles. The normalized spacial score (nSPS) is 29.1. The number of nitrogens with zero attached hydrogens (tertiary/aromatic N) is 1. The Hall–Kier alpha value is -1.66. The van der Waals surface area contributed by atoms with E-state index in [1.54, 1.807) is 6.07 Å². The van der Waals surface area contributed by atoms with Crippen LogP contribution in [0, 0.1) is 12.7 Å². The first-order valence-corrected chi connectivity index (χ1v) is 9.78. The maximum Gasteiger partial charge on any atom is 0.243 e. The zero-order valence-corrected chi connectivity index (χ0v) is 15.4. The van der Waals surface area contributed by atoms with Crippen LogP contribution >= 0.6 is 0 Å². The molecule has 1 aromatic rings. The van der Waals surface area contributed by atoms with Crippen LogP contribution in [0.2, 0.25) is 0 Å². The van der Waals surface area contributed by atoms with E-state index < -0.39 is 0 Å². The molecule has 0 spiro atoms. The maximum atomic E-state index is 14.0. The summed E-state index contributed by atoms with van der Waals surface area (Å²) < 4.78 is 19.5. The largest absolute Gasteiger partial charge is 0.379 e. The van der Waals surface area contributed by atoms with Gasteiger partial charge in [0.1, 0.15) is 11.9 Å².